The minimum absolute atomic E-state index is 0.687. The summed E-state index contributed by atoms with van der Waals surface area (Å²) in [6.07, 6.45) is 3.91. The third kappa shape index (κ3) is 3.59. The van der Waals surface area contributed by atoms with Crippen molar-refractivity contribution >= 4 is 0 Å². The Morgan fingerprint density at radius 3 is 2.29 bits per heavy atom. The fourth-order valence-electron chi connectivity index (χ4n) is 3.28. The first-order valence-corrected chi connectivity index (χ1v) is 8.10. The molecule has 0 unspecified atom stereocenters. The zero-order chi connectivity index (χ0) is 14.8. The van der Waals surface area contributed by atoms with Crippen LogP contribution in [0.25, 0.3) is 0 Å². The van der Waals surface area contributed by atoms with Crippen molar-refractivity contribution in [3.05, 3.63) is 23.8 Å². The van der Waals surface area contributed by atoms with Gasteiger partial charge in [0.05, 0.1) is 0 Å². The van der Waals surface area contributed by atoms with E-state index in [2.05, 4.69) is 38.5 Å². The lowest BCUT2D eigenvalue weighted by Gasteiger charge is -2.48. The van der Waals surface area contributed by atoms with Crippen molar-refractivity contribution in [3.63, 3.8) is 0 Å². The molecule has 0 amide bonds. The maximum Gasteiger partial charge on any atom is 0.125 e. The summed E-state index contributed by atoms with van der Waals surface area (Å²) in [4.78, 5) is 16.3. The Bertz CT molecular complexity index is 444. The zero-order valence-electron chi connectivity index (χ0n) is 13.5. The van der Waals surface area contributed by atoms with Crippen LogP contribution in [0.4, 0.5) is 0 Å². The molecule has 2 fully saturated rings. The molecule has 0 bridgehead atoms. The number of aromatic nitrogens is 2. The van der Waals surface area contributed by atoms with Crippen LogP contribution < -0.4 is 0 Å². The smallest absolute Gasteiger partial charge is 0.125 e. The molecule has 0 spiro atoms. The van der Waals surface area contributed by atoms with E-state index in [-0.39, 0.29) is 0 Å². The summed E-state index contributed by atoms with van der Waals surface area (Å²) in [5.74, 6) is 0.850. The van der Waals surface area contributed by atoms with Gasteiger partial charge in [0.25, 0.3) is 0 Å². The lowest BCUT2D eigenvalue weighted by molar-refractivity contribution is -0.00420. The fourth-order valence-corrected chi connectivity index (χ4v) is 3.28. The Morgan fingerprint density at radius 2 is 1.71 bits per heavy atom. The average molecular weight is 289 g/mol. The molecule has 2 aliphatic rings. The van der Waals surface area contributed by atoms with E-state index in [4.69, 9.17) is 0 Å². The molecule has 0 aliphatic carbocycles. The van der Waals surface area contributed by atoms with Gasteiger partial charge in [-0.2, -0.15) is 0 Å². The Kier molecular flexibility index (Phi) is 4.52. The van der Waals surface area contributed by atoms with Crippen molar-refractivity contribution < 1.29 is 0 Å². The van der Waals surface area contributed by atoms with E-state index in [0.29, 0.717) is 6.04 Å². The third-order valence-electron chi connectivity index (χ3n) is 4.77. The highest BCUT2D eigenvalue weighted by Gasteiger charge is 2.33. The van der Waals surface area contributed by atoms with E-state index in [9.17, 15) is 0 Å². The van der Waals surface area contributed by atoms with Gasteiger partial charge in [0.2, 0.25) is 0 Å². The van der Waals surface area contributed by atoms with E-state index in [1.54, 1.807) is 0 Å². The van der Waals surface area contributed by atoms with E-state index in [1.165, 1.54) is 44.8 Å². The normalized spacial score (nSPS) is 22.7. The van der Waals surface area contributed by atoms with Gasteiger partial charge in [-0.25, -0.2) is 9.97 Å². The summed E-state index contributed by atoms with van der Waals surface area (Å²) in [6, 6.07) is 1.44. The summed E-state index contributed by atoms with van der Waals surface area (Å²) in [6.45, 7) is 14.8. The minimum atomic E-state index is 0.687. The fraction of sp³-hybridized carbons (Fsp3) is 0.750. The molecule has 0 atom stereocenters. The standard InChI is InChI=1S/C16H27N5/c1-13(2)20-4-6-21(7-5-20)16-11-19(12-16)10-15-8-17-14(3)18-9-15/h8-9,13,16H,4-7,10-12H2,1-3H3. The van der Waals surface area contributed by atoms with E-state index in [1.807, 2.05) is 19.3 Å². The summed E-state index contributed by atoms with van der Waals surface area (Å²) in [5, 5.41) is 0. The molecule has 5 heteroatoms. The maximum absolute atomic E-state index is 4.27. The van der Waals surface area contributed by atoms with Crippen molar-refractivity contribution in [2.45, 2.75) is 39.4 Å². The molecular weight excluding hydrogens is 262 g/mol. The van der Waals surface area contributed by atoms with Crippen LogP contribution in [0.1, 0.15) is 25.2 Å². The Morgan fingerprint density at radius 1 is 1.10 bits per heavy atom. The van der Waals surface area contributed by atoms with Gasteiger partial charge in [0.15, 0.2) is 0 Å². The van der Waals surface area contributed by atoms with E-state index < -0.39 is 0 Å². The summed E-state index contributed by atoms with van der Waals surface area (Å²) < 4.78 is 0. The molecule has 1 aromatic rings. The van der Waals surface area contributed by atoms with Crippen molar-refractivity contribution in [3.8, 4) is 0 Å². The Labute approximate surface area is 128 Å². The highest BCUT2D eigenvalue weighted by atomic mass is 15.4. The van der Waals surface area contributed by atoms with E-state index >= 15 is 0 Å². The second-order valence-corrected chi connectivity index (χ2v) is 6.65. The van der Waals surface area contributed by atoms with Crippen LogP contribution in [0.5, 0.6) is 0 Å². The lowest BCUT2D eigenvalue weighted by atomic mass is 10.0. The van der Waals surface area contributed by atoms with Crippen molar-refractivity contribution in [2.24, 2.45) is 0 Å². The summed E-state index contributed by atoms with van der Waals surface area (Å²) in [5.41, 5.74) is 1.23. The van der Waals surface area contributed by atoms with Crippen molar-refractivity contribution in [1.29, 1.82) is 0 Å². The molecule has 0 radical (unpaired) electrons. The predicted molar refractivity (Wildman–Crippen MR) is 84.1 cm³/mol. The topological polar surface area (TPSA) is 35.5 Å². The van der Waals surface area contributed by atoms with Crippen LogP contribution in [0, 0.1) is 6.92 Å². The number of piperazine rings is 1. The predicted octanol–water partition coefficient (Wildman–Crippen LogP) is 0.995. The van der Waals surface area contributed by atoms with Crippen LogP contribution >= 0.6 is 0 Å². The molecule has 0 saturated carbocycles. The molecule has 2 aliphatic heterocycles. The number of aryl methyl sites for hydroxylation is 1. The molecule has 3 rings (SSSR count). The lowest BCUT2D eigenvalue weighted by Crippen LogP contribution is -2.63. The van der Waals surface area contributed by atoms with Crippen LogP contribution in [0.2, 0.25) is 0 Å². The van der Waals surface area contributed by atoms with Gasteiger partial charge in [0, 0.05) is 75.9 Å². The zero-order valence-corrected chi connectivity index (χ0v) is 13.5. The van der Waals surface area contributed by atoms with Gasteiger partial charge >= 0.3 is 0 Å². The first-order valence-electron chi connectivity index (χ1n) is 8.10. The van der Waals surface area contributed by atoms with Crippen LogP contribution in [-0.2, 0) is 6.54 Å². The molecule has 1 aromatic heterocycles. The van der Waals surface area contributed by atoms with Gasteiger partial charge in [-0.1, -0.05) is 0 Å². The first kappa shape index (κ1) is 14.9. The third-order valence-corrected chi connectivity index (χ3v) is 4.77. The second kappa shape index (κ2) is 6.38. The Balaban J connectivity index is 1.41. The number of hydrogen-bond donors (Lipinski definition) is 0. The number of likely N-dealkylation sites (tertiary alicyclic amines) is 1. The second-order valence-electron chi connectivity index (χ2n) is 6.65. The molecule has 3 heterocycles. The highest BCUT2D eigenvalue weighted by molar-refractivity contribution is 5.06. The number of rotatable bonds is 4. The SMILES string of the molecule is Cc1ncc(CN2CC(N3CCN(C(C)C)CC3)C2)cn1. The van der Waals surface area contributed by atoms with Gasteiger partial charge in [-0.3, -0.25) is 14.7 Å². The Hall–Kier alpha value is -1.04. The monoisotopic (exact) mass is 289 g/mol. The summed E-state index contributed by atoms with van der Waals surface area (Å²) >= 11 is 0. The van der Waals surface area contributed by atoms with Crippen molar-refractivity contribution in [2.75, 3.05) is 39.3 Å². The molecule has 0 N–H and O–H groups in total. The van der Waals surface area contributed by atoms with Crippen LogP contribution in [0.3, 0.4) is 0 Å². The summed E-state index contributed by atoms with van der Waals surface area (Å²) in [7, 11) is 0. The molecule has 21 heavy (non-hydrogen) atoms. The molecule has 116 valence electrons. The number of hydrogen-bond acceptors (Lipinski definition) is 5. The highest BCUT2D eigenvalue weighted by Crippen LogP contribution is 2.19. The first-order chi connectivity index (χ1) is 10.1. The van der Waals surface area contributed by atoms with E-state index in [0.717, 1.165) is 18.4 Å². The van der Waals surface area contributed by atoms with Gasteiger partial charge < -0.3 is 0 Å². The molecular formula is C16H27N5. The minimum Gasteiger partial charge on any atom is -0.298 e. The van der Waals surface area contributed by atoms with Gasteiger partial charge in [-0.05, 0) is 20.8 Å². The molecule has 2 saturated heterocycles. The largest absolute Gasteiger partial charge is 0.298 e. The average Bonchev–Trinajstić information content (AvgIpc) is 2.44. The van der Waals surface area contributed by atoms with Crippen molar-refractivity contribution in [1.82, 2.24) is 24.7 Å². The number of nitrogens with zero attached hydrogens (tertiary/aromatic N) is 5. The molecule has 5 nitrogen and oxygen atoms in total. The maximum atomic E-state index is 4.27. The quantitative estimate of drug-likeness (QED) is 0.826. The van der Waals surface area contributed by atoms with Crippen LogP contribution in [0.15, 0.2) is 12.4 Å². The molecule has 0 aromatic carbocycles. The van der Waals surface area contributed by atoms with Crippen LogP contribution in [-0.4, -0.2) is 76.0 Å². The van der Waals surface area contributed by atoms with Gasteiger partial charge in [0.1, 0.15) is 5.82 Å². The van der Waals surface area contributed by atoms with Gasteiger partial charge in [-0.15, -0.1) is 0 Å².